The summed E-state index contributed by atoms with van der Waals surface area (Å²) in [6, 6.07) is 5.32. The predicted octanol–water partition coefficient (Wildman–Crippen LogP) is 3.93. The Morgan fingerprint density at radius 2 is 1.77 bits per heavy atom. The molecule has 0 fully saturated rings. The van der Waals surface area contributed by atoms with Crippen LogP contribution in [-0.4, -0.2) is 15.4 Å². The second kappa shape index (κ2) is 6.49. The molecule has 2 aromatic rings. The summed E-state index contributed by atoms with van der Waals surface area (Å²) in [5, 5.41) is 4.15. The molecule has 22 heavy (non-hydrogen) atoms. The van der Waals surface area contributed by atoms with Crippen molar-refractivity contribution in [2.75, 3.05) is 0 Å². The Morgan fingerprint density at radius 3 is 2.32 bits per heavy atom. The molecule has 2 rings (SSSR count). The van der Waals surface area contributed by atoms with Crippen molar-refractivity contribution >= 4 is 23.2 Å². The molecule has 0 saturated heterocycles. The Kier molecular flexibility index (Phi) is 5.05. The number of benzene rings is 1. The van der Waals surface area contributed by atoms with Crippen LogP contribution in [0.1, 0.15) is 37.6 Å². The minimum absolute atomic E-state index is 0.0940. The highest BCUT2D eigenvalue weighted by atomic mass is 35.5. The molecule has 1 heterocycles. The maximum Gasteiger partial charge on any atom is 0.270 e. The average Bonchev–Trinajstić information content (AvgIpc) is 2.67. The third-order valence-electron chi connectivity index (χ3n) is 3.29. The molecule has 1 aromatic heterocycles. The maximum atomic E-state index is 12.3. The van der Waals surface area contributed by atoms with Crippen molar-refractivity contribution in [2.24, 2.45) is 7.05 Å². The fourth-order valence-electron chi connectivity index (χ4n) is 2.12. The monoisotopic (exact) mass is 342 g/mol. The van der Waals surface area contributed by atoms with E-state index in [1.165, 1.54) is 4.68 Å². The number of aromatic amines is 1. The molecule has 0 atom stereocenters. The molecule has 0 bridgehead atoms. The molecule has 0 aliphatic rings. The van der Waals surface area contributed by atoms with Crippen molar-refractivity contribution in [3.8, 4) is 0 Å². The predicted molar refractivity (Wildman–Crippen MR) is 89.8 cm³/mol. The summed E-state index contributed by atoms with van der Waals surface area (Å²) in [6.45, 7) is 6.24. The van der Waals surface area contributed by atoms with Gasteiger partial charge in [0.15, 0.2) is 0 Å². The van der Waals surface area contributed by atoms with Crippen LogP contribution in [-0.2, 0) is 24.8 Å². The second-order valence-electron chi connectivity index (χ2n) is 6.21. The number of nitrogens with zero attached hydrogens (tertiary/aromatic N) is 1. The summed E-state index contributed by atoms with van der Waals surface area (Å²) in [7, 11) is 1.68. The number of H-pyrrole nitrogens is 1. The first kappa shape index (κ1) is 17.1. The molecule has 6 heteroatoms. The fourth-order valence-corrected chi connectivity index (χ4v) is 2.65. The average molecular weight is 343 g/mol. The molecule has 0 aliphatic carbocycles. The van der Waals surface area contributed by atoms with Crippen molar-refractivity contribution in [2.45, 2.75) is 39.4 Å². The van der Waals surface area contributed by atoms with Crippen molar-refractivity contribution in [3.63, 3.8) is 0 Å². The van der Waals surface area contributed by atoms with Gasteiger partial charge in [0.05, 0.1) is 17.9 Å². The zero-order valence-corrected chi connectivity index (χ0v) is 14.7. The number of rotatable bonds is 4. The van der Waals surface area contributed by atoms with E-state index in [2.05, 4.69) is 5.10 Å². The number of ether oxygens (including phenoxy) is 1. The largest absolute Gasteiger partial charge is 0.370 e. The van der Waals surface area contributed by atoms with Gasteiger partial charge >= 0.3 is 0 Å². The Bertz CT molecular complexity index is 706. The highest BCUT2D eigenvalue weighted by molar-refractivity contribution is 6.36. The van der Waals surface area contributed by atoms with E-state index in [9.17, 15) is 4.79 Å². The van der Waals surface area contributed by atoms with Gasteiger partial charge in [0.2, 0.25) is 0 Å². The quantitative estimate of drug-likeness (QED) is 0.914. The van der Waals surface area contributed by atoms with Gasteiger partial charge in [-0.05, 0) is 38.5 Å². The van der Waals surface area contributed by atoms with Crippen LogP contribution in [0.4, 0.5) is 0 Å². The van der Waals surface area contributed by atoms with E-state index in [4.69, 9.17) is 27.9 Å². The highest BCUT2D eigenvalue weighted by Crippen LogP contribution is 2.27. The van der Waals surface area contributed by atoms with Crippen molar-refractivity contribution in [3.05, 3.63) is 55.4 Å². The van der Waals surface area contributed by atoms with Gasteiger partial charge < -0.3 is 4.74 Å². The number of halogens is 2. The summed E-state index contributed by atoms with van der Waals surface area (Å²) in [6.07, 6.45) is 0.373. The van der Waals surface area contributed by atoms with Gasteiger partial charge in [-0.1, -0.05) is 29.3 Å². The smallest absolute Gasteiger partial charge is 0.270 e. The molecule has 1 N–H and O–H groups in total. The molecular formula is C16H20Cl2N2O2. The van der Waals surface area contributed by atoms with Crippen LogP contribution < -0.4 is 5.56 Å². The van der Waals surface area contributed by atoms with Crippen LogP contribution in [0.2, 0.25) is 10.0 Å². The number of hydrogen-bond acceptors (Lipinski definition) is 2. The molecule has 0 radical (unpaired) electrons. The van der Waals surface area contributed by atoms with E-state index in [1.54, 1.807) is 25.2 Å². The van der Waals surface area contributed by atoms with Gasteiger partial charge in [-0.2, -0.15) is 0 Å². The zero-order valence-electron chi connectivity index (χ0n) is 13.2. The SMILES string of the molecule is Cn1[nH]c(COC(C)(C)C)c(Cc2c(Cl)cccc2Cl)c1=O. The summed E-state index contributed by atoms with van der Waals surface area (Å²) >= 11 is 12.4. The first-order chi connectivity index (χ1) is 10.2. The molecule has 0 aliphatic heterocycles. The lowest BCUT2D eigenvalue weighted by molar-refractivity contribution is -0.0169. The van der Waals surface area contributed by atoms with Crippen LogP contribution in [0.5, 0.6) is 0 Å². The number of aromatic nitrogens is 2. The summed E-state index contributed by atoms with van der Waals surface area (Å²) in [5.41, 5.74) is 1.75. The standard InChI is InChI=1S/C16H20Cl2N2O2/c1-16(2,3)22-9-14-11(15(21)20(4)19-14)8-10-12(17)6-5-7-13(10)18/h5-7,19H,8-9H2,1-4H3. The van der Waals surface area contributed by atoms with Crippen LogP contribution in [0.25, 0.3) is 0 Å². The molecule has 0 spiro atoms. The van der Waals surface area contributed by atoms with E-state index in [1.807, 2.05) is 20.8 Å². The lowest BCUT2D eigenvalue weighted by atomic mass is 10.1. The van der Waals surface area contributed by atoms with Crippen LogP contribution in [0.15, 0.2) is 23.0 Å². The van der Waals surface area contributed by atoms with Gasteiger partial charge in [-0.3, -0.25) is 14.6 Å². The lowest BCUT2D eigenvalue weighted by Gasteiger charge is -2.19. The number of nitrogens with one attached hydrogen (secondary N) is 1. The van der Waals surface area contributed by atoms with Crippen molar-refractivity contribution in [1.82, 2.24) is 9.78 Å². The molecule has 0 amide bonds. The Hall–Kier alpha value is -1.23. The fraction of sp³-hybridized carbons (Fsp3) is 0.438. The van der Waals surface area contributed by atoms with E-state index in [0.717, 1.165) is 11.3 Å². The normalized spacial score (nSPS) is 11.9. The maximum absolute atomic E-state index is 12.3. The van der Waals surface area contributed by atoms with Crippen LogP contribution in [0.3, 0.4) is 0 Å². The molecule has 0 saturated carbocycles. The summed E-state index contributed by atoms with van der Waals surface area (Å²) < 4.78 is 7.22. The minimum atomic E-state index is -0.286. The van der Waals surface area contributed by atoms with Gasteiger partial charge in [-0.25, -0.2) is 0 Å². The van der Waals surface area contributed by atoms with Crippen molar-refractivity contribution < 1.29 is 4.74 Å². The van der Waals surface area contributed by atoms with Gasteiger partial charge in [0.1, 0.15) is 0 Å². The van der Waals surface area contributed by atoms with Crippen LogP contribution >= 0.6 is 23.2 Å². The Balaban J connectivity index is 2.36. The molecule has 1 aromatic carbocycles. The third kappa shape index (κ3) is 3.94. The second-order valence-corrected chi connectivity index (χ2v) is 7.03. The molecule has 0 unspecified atom stereocenters. The highest BCUT2D eigenvalue weighted by Gasteiger charge is 2.18. The zero-order chi connectivity index (χ0) is 16.5. The van der Waals surface area contributed by atoms with Crippen LogP contribution in [0, 0.1) is 0 Å². The van der Waals surface area contributed by atoms with E-state index in [-0.39, 0.29) is 11.2 Å². The van der Waals surface area contributed by atoms with Crippen molar-refractivity contribution in [1.29, 1.82) is 0 Å². The first-order valence-electron chi connectivity index (χ1n) is 7.02. The summed E-state index contributed by atoms with van der Waals surface area (Å²) in [5.74, 6) is 0. The van der Waals surface area contributed by atoms with E-state index >= 15 is 0 Å². The van der Waals surface area contributed by atoms with Gasteiger partial charge in [-0.15, -0.1) is 0 Å². The molecule has 120 valence electrons. The summed E-state index contributed by atoms with van der Waals surface area (Å²) in [4.78, 5) is 12.3. The Morgan fingerprint density at radius 1 is 1.18 bits per heavy atom. The Labute approximate surface area is 140 Å². The minimum Gasteiger partial charge on any atom is -0.370 e. The van der Waals surface area contributed by atoms with Gasteiger partial charge in [0, 0.05) is 29.1 Å². The molecular weight excluding hydrogens is 323 g/mol. The number of aryl methyl sites for hydroxylation is 1. The first-order valence-corrected chi connectivity index (χ1v) is 7.78. The lowest BCUT2D eigenvalue weighted by Crippen LogP contribution is -2.19. The third-order valence-corrected chi connectivity index (χ3v) is 4.00. The van der Waals surface area contributed by atoms with E-state index < -0.39 is 0 Å². The topological polar surface area (TPSA) is 47.0 Å². The number of hydrogen-bond donors (Lipinski definition) is 1. The molecule has 4 nitrogen and oxygen atoms in total. The van der Waals surface area contributed by atoms with E-state index in [0.29, 0.717) is 28.6 Å². The van der Waals surface area contributed by atoms with Gasteiger partial charge in [0.25, 0.3) is 5.56 Å².